The van der Waals surface area contributed by atoms with Crippen LogP contribution in [-0.4, -0.2) is 36.7 Å². The fraction of sp³-hybridized carbons (Fsp3) is 0.240. The molecule has 0 bridgehead atoms. The Kier molecular flexibility index (Phi) is 7.33. The summed E-state index contributed by atoms with van der Waals surface area (Å²) in [6.07, 6.45) is 5.29. The summed E-state index contributed by atoms with van der Waals surface area (Å²) in [5.41, 5.74) is 2.96. The fourth-order valence-electron chi connectivity index (χ4n) is 3.43. The third-order valence-electron chi connectivity index (χ3n) is 5.21. The quantitative estimate of drug-likeness (QED) is 0.309. The maximum Gasteiger partial charge on any atom is 0.338 e. The maximum absolute atomic E-state index is 13.3. The van der Waals surface area contributed by atoms with Crippen molar-refractivity contribution in [3.63, 3.8) is 0 Å². The van der Waals surface area contributed by atoms with Crippen LogP contribution in [0, 0.1) is 6.92 Å². The van der Waals surface area contributed by atoms with E-state index in [0.29, 0.717) is 23.1 Å². The topological polar surface area (TPSA) is 85.6 Å². The van der Waals surface area contributed by atoms with Crippen LogP contribution in [0.15, 0.2) is 76.8 Å². The Bertz CT molecular complexity index is 1280. The van der Waals surface area contributed by atoms with Gasteiger partial charge in [-0.05, 0) is 50.1 Å². The molecule has 3 aromatic rings. The average Bonchev–Trinajstić information content (AvgIpc) is 3.16. The number of para-hydroxylation sites is 1. The molecule has 0 aliphatic rings. The van der Waals surface area contributed by atoms with Gasteiger partial charge in [-0.25, -0.2) is 17.2 Å². The minimum atomic E-state index is -3.81. The Labute approximate surface area is 188 Å². The van der Waals surface area contributed by atoms with E-state index < -0.39 is 16.0 Å². The van der Waals surface area contributed by atoms with Crippen LogP contribution < -0.4 is 0 Å². The summed E-state index contributed by atoms with van der Waals surface area (Å²) in [5.74, 6) is -0.523. The summed E-state index contributed by atoms with van der Waals surface area (Å²) in [4.78, 5) is 12.6. The van der Waals surface area contributed by atoms with Crippen LogP contribution in [0.3, 0.4) is 0 Å². The molecule has 0 amide bonds. The molecule has 7 heteroatoms. The first-order valence-corrected chi connectivity index (χ1v) is 11.9. The van der Waals surface area contributed by atoms with Crippen LogP contribution >= 0.6 is 0 Å². The predicted molar refractivity (Wildman–Crippen MR) is 126 cm³/mol. The SMILES string of the molecule is CCOC(=O)C(/C=C/c1cn(S(=O)(=O)c2ccc(C)cc2)c2ccccc12)=C(\CC)CO. The van der Waals surface area contributed by atoms with Gasteiger partial charge in [0, 0.05) is 17.1 Å². The van der Waals surface area contributed by atoms with Gasteiger partial charge in [-0.1, -0.05) is 48.9 Å². The third kappa shape index (κ3) is 4.69. The number of rotatable bonds is 8. The number of aliphatic hydroxyl groups is 1. The standard InChI is InChI=1S/C25H27NO5S/c1-4-19(17-27)23(25(28)31-5-2)15-12-20-16-26(24-9-7-6-8-22(20)24)32(29,30)21-13-10-18(3)11-14-21/h6-16,27H,4-5,17H2,1-3H3/b15-12+,23-19+. The van der Waals surface area contributed by atoms with Crippen LogP contribution in [0.4, 0.5) is 0 Å². The minimum Gasteiger partial charge on any atom is -0.462 e. The molecular weight excluding hydrogens is 426 g/mol. The van der Waals surface area contributed by atoms with Crippen LogP contribution in [0.1, 0.15) is 31.4 Å². The number of ether oxygens (including phenoxy) is 1. The van der Waals surface area contributed by atoms with Gasteiger partial charge in [0.2, 0.25) is 0 Å². The van der Waals surface area contributed by atoms with Crippen LogP contribution in [0.2, 0.25) is 0 Å². The first-order valence-electron chi connectivity index (χ1n) is 10.4. The van der Waals surface area contributed by atoms with Gasteiger partial charge in [0.15, 0.2) is 0 Å². The second kappa shape index (κ2) is 9.97. The molecule has 1 aromatic heterocycles. The van der Waals surface area contributed by atoms with Crippen molar-refractivity contribution in [2.45, 2.75) is 32.1 Å². The number of fused-ring (bicyclic) bond motifs is 1. The zero-order chi connectivity index (χ0) is 23.3. The number of aryl methyl sites for hydroxylation is 1. The van der Waals surface area contributed by atoms with E-state index in [9.17, 15) is 18.3 Å². The van der Waals surface area contributed by atoms with E-state index >= 15 is 0 Å². The largest absolute Gasteiger partial charge is 0.462 e. The van der Waals surface area contributed by atoms with Crippen molar-refractivity contribution in [2.24, 2.45) is 0 Å². The van der Waals surface area contributed by atoms with Crippen molar-refractivity contribution in [2.75, 3.05) is 13.2 Å². The van der Waals surface area contributed by atoms with E-state index in [-0.39, 0.29) is 23.7 Å². The second-order valence-corrected chi connectivity index (χ2v) is 9.11. The Balaban J connectivity index is 2.14. The number of nitrogens with zero attached hydrogens (tertiary/aromatic N) is 1. The van der Waals surface area contributed by atoms with Gasteiger partial charge in [-0.15, -0.1) is 0 Å². The van der Waals surface area contributed by atoms with E-state index in [1.807, 2.05) is 26.0 Å². The molecule has 0 fully saturated rings. The van der Waals surface area contributed by atoms with Gasteiger partial charge in [0.1, 0.15) is 0 Å². The highest BCUT2D eigenvalue weighted by Crippen LogP contribution is 2.28. The number of esters is 1. The Hall–Kier alpha value is -3.16. The summed E-state index contributed by atoms with van der Waals surface area (Å²) in [6.45, 7) is 5.41. The monoisotopic (exact) mass is 453 g/mol. The van der Waals surface area contributed by atoms with E-state index in [2.05, 4.69) is 0 Å². The molecule has 0 saturated heterocycles. The Morgan fingerprint density at radius 3 is 2.41 bits per heavy atom. The summed E-state index contributed by atoms with van der Waals surface area (Å²) >= 11 is 0. The Morgan fingerprint density at radius 1 is 1.09 bits per heavy atom. The maximum atomic E-state index is 13.3. The number of hydrogen-bond acceptors (Lipinski definition) is 5. The van der Waals surface area contributed by atoms with Crippen molar-refractivity contribution in [3.8, 4) is 0 Å². The molecule has 0 radical (unpaired) electrons. The summed E-state index contributed by atoms with van der Waals surface area (Å²) in [7, 11) is -3.81. The van der Waals surface area contributed by atoms with E-state index in [4.69, 9.17) is 4.74 Å². The molecule has 1 N–H and O–H groups in total. The highest BCUT2D eigenvalue weighted by Gasteiger charge is 2.21. The van der Waals surface area contributed by atoms with Crippen molar-refractivity contribution in [1.82, 2.24) is 3.97 Å². The van der Waals surface area contributed by atoms with Gasteiger partial charge in [-0.2, -0.15) is 0 Å². The molecule has 0 unspecified atom stereocenters. The predicted octanol–water partition coefficient (Wildman–Crippen LogP) is 4.46. The lowest BCUT2D eigenvalue weighted by atomic mass is 10.0. The van der Waals surface area contributed by atoms with E-state index in [0.717, 1.165) is 10.9 Å². The van der Waals surface area contributed by atoms with Gasteiger partial charge in [-0.3, -0.25) is 0 Å². The number of hydrogen-bond donors (Lipinski definition) is 1. The number of aromatic nitrogens is 1. The number of carbonyl (C=O) groups excluding carboxylic acids is 1. The van der Waals surface area contributed by atoms with Crippen molar-refractivity contribution in [1.29, 1.82) is 0 Å². The first-order chi connectivity index (χ1) is 15.3. The van der Waals surface area contributed by atoms with Crippen LogP contribution in [0.5, 0.6) is 0 Å². The van der Waals surface area contributed by atoms with Gasteiger partial charge in [0.05, 0.1) is 29.2 Å². The van der Waals surface area contributed by atoms with Gasteiger partial charge < -0.3 is 9.84 Å². The summed E-state index contributed by atoms with van der Waals surface area (Å²) in [6, 6.07) is 13.9. The average molecular weight is 454 g/mol. The summed E-state index contributed by atoms with van der Waals surface area (Å²) < 4.78 is 33.0. The van der Waals surface area contributed by atoms with E-state index in [1.165, 1.54) is 3.97 Å². The fourth-order valence-corrected chi connectivity index (χ4v) is 4.81. The molecule has 0 atom stereocenters. The van der Waals surface area contributed by atoms with Crippen LogP contribution in [0.25, 0.3) is 17.0 Å². The lowest BCUT2D eigenvalue weighted by Crippen LogP contribution is -2.11. The third-order valence-corrected chi connectivity index (χ3v) is 6.90. The number of benzene rings is 2. The van der Waals surface area contributed by atoms with Gasteiger partial charge >= 0.3 is 5.97 Å². The van der Waals surface area contributed by atoms with Crippen molar-refractivity contribution < 1.29 is 23.1 Å². The smallest absolute Gasteiger partial charge is 0.338 e. The molecule has 3 rings (SSSR count). The molecule has 168 valence electrons. The molecule has 32 heavy (non-hydrogen) atoms. The molecule has 1 heterocycles. The Morgan fingerprint density at radius 2 is 1.78 bits per heavy atom. The lowest BCUT2D eigenvalue weighted by molar-refractivity contribution is -0.138. The zero-order valence-corrected chi connectivity index (χ0v) is 19.2. The zero-order valence-electron chi connectivity index (χ0n) is 18.4. The molecule has 0 spiro atoms. The molecule has 0 aliphatic heterocycles. The number of carbonyl (C=O) groups is 1. The highest BCUT2D eigenvalue weighted by atomic mass is 32.2. The highest BCUT2D eigenvalue weighted by molar-refractivity contribution is 7.90. The van der Waals surface area contributed by atoms with Crippen LogP contribution in [-0.2, 0) is 19.6 Å². The lowest BCUT2D eigenvalue weighted by Gasteiger charge is -2.08. The first kappa shape index (κ1) is 23.5. The molecule has 0 aliphatic carbocycles. The molecule has 2 aromatic carbocycles. The normalized spacial score (nSPS) is 12.9. The van der Waals surface area contributed by atoms with Crippen molar-refractivity contribution >= 4 is 33.0 Å². The second-order valence-electron chi connectivity index (χ2n) is 7.30. The van der Waals surface area contributed by atoms with Crippen molar-refractivity contribution in [3.05, 3.63) is 83.1 Å². The molecular formula is C25H27NO5S. The molecule has 0 saturated carbocycles. The summed E-state index contributed by atoms with van der Waals surface area (Å²) in [5, 5.41) is 10.4. The minimum absolute atomic E-state index is 0.194. The molecule has 6 nitrogen and oxygen atoms in total. The van der Waals surface area contributed by atoms with E-state index in [1.54, 1.807) is 61.7 Å². The van der Waals surface area contributed by atoms with Gasteiger partial charge in [0.25, 0.3) is 10.0 Å². The number of aliphatic hydroxyl groups excluding tert-OH is 1.